The molecule has 108 valence electrons. The Bertz CT molecular complexity index is 305. The van der Waals surface area contributed by atoms with Gasteiger partial charge in [-0.2, -0.15) is 0 Å². The number of carbonyl (C=O) groups is 4. The third-order valence-electron chi connectivity index (χ3n) is 1.61. The number of rotatable bonds is 6. The average Bonchev–Trinajstić information content (AvgIpc) is 2.11. The van der Waals surface area contributed by atoms with Gasteiger partial charge in [-0.15, -0.1) is 0 Å². The van der Waals surface area contributed by atoms with Gasteiger partial charge in [0.1, 0.15) is 0 Å². The molecule has 9 nitrogen and oxygen atoms in total. The first-order chi connectivity index (χ1) is 8.70. The number of ether oxygens (including phenoxy) is 1. The minimum absolute atomic E-state index is 0.455. The van der Waals surface area contributed by atoms with Gasteiger partial charge in [0.2, 0.25) is 36.3 Å². The van der Waals surface area contributed by atoms with Gasteiger partial charge in [-0.25, -0.2) is 0 Å². The van der Waals surface area contributed by atoms with Crippen LogP contribution in [-0.2, 0) is 23.9 Å². The second kappa shape index (κ2) is 8.03. The van der Waals surface area contributed by atoms with Crippen LogP contribution in [-0.4, -0.2) is 36.3 Å². The van der Waals surface area contributed by atoms with Crippen LogP contribution in [0.2, 0.25) is 0 Å². The molecule has 0 saturated heterocycles. The zero-order valence-corrected chi connectivity index (χ0v) is 11.2. The molecule has 0 fully saturated rings. The van der Waals surface area contributed by atoms with Crippen molar-refractivity contribution in [1.29, 1.82) is 0 Å². The van der Waals surface area contributed by atoms with Crippen molar-refractivity contribution in [2.45, 2.75) is 40.4 Å². The van der Waals surface area contributed by atoms with E-state index in [9.17, 15) is 19.2 Å². The fourth-order valence-corrected chi connectivity index (χ4v) is 1.08. The first kappa shape index (κ1) is 16.8. The molecule has 0 unspecified atom stereocenters. The molecule has 0 aromatic rings. The second-order valence-corrected chi connectivity index (χ2v) is 3.70. The summed E-state index contributed by atoms with van der Waals surface area (Å²) in [6.45, 7) is 4.90. The largest absolute Gasteiger partial charge is 0.313 e. The summed E-state index contributed by atoms with van der Waals surface area (Å²) in [7, 11) is 0. The topological polar surface area (TPSA) is 126 Å². The van der Waals surface area contributed by atoms with Gasteiger partial charge in [-0.05, 0) is 0 Å². The number of hydrogen-bond donors (Lipinski definition) is 4. The van der Waals surface area contributed by atoms with Crippen molar-refractivity contribution < 1.29 is 23.9 Å². The van der Waals surface area contributed by atoms with Gasteiger partial charge in [0.05, 0.1) is 0 Å². The van der Waals surface area contributed by atoms with Crippen molar-refractivity contribution in [2.24, 2.45) is 0 Å². The van der Waals surface area contributed by atoms with E-state index in [0.717, 1.165) is 0 Å². The molecule has 0 aromatic heterocycles. The highest BCUT2D eigenvalue weighted by Gasteiger charge is 2.19. The molecule has 4 amide bonds. The van der Waals surface area contributed by atoms with Crippen LogP contribution in [0.4, 0.5) is 0 Å². The molecule has 0 heterocycles. The molecule has 0 saturated carbocycles. The predicted molar refractivity (Wildman–Crippen MR) is 63.9 cm³/mol. The monoisotopic (exact) mass is 274 g/mol. The van der Waals surface area contributed by atoms with Gasteiger partial charge in [-0.1, -0.05) is 0 Å². The molecule has 0 atom stereocenters. The Morgan fingerprint density at radius 2 is 0.842 bits per heavy atom. The van der Waals surface area contributed by atoms with Crippen molar-refractivity contribution in [3.05, 3.63) is 0 Å². The van der Waals surface area contributed by atoms with Gasteiger partial charge < -0.3 is 21.3 Å². The number of hydrogen-bond acceptors (Lipinski definition) is 5. The minimum atomic E-state index is -1.18. The summed E-state index contributed by atoms with van der Waals surface area (Å²) in [5.74, 6) is -1.82. The van der Waals surface area contributed by atoms with Gasteiger partial charge in [0.15, 0.2) is 0 Å². The maximum absolute atomic E-state index is 10.9. The Balaban J connectivity index is 4.68. The van der Waals surface area contributed by atoms with Gasteiger partial charge in [-0.3, -0.25) is 23.9 Å². The van der Waals surface area contributed by atoms with Gasteiger partial charge in [0, 0.05) is 27.7 Å². The van der Waals surface area contributed by atoms with E-state index in [1.807, 2.05) is 0 Å². The lowest BCUT2D eigenvalue weighted by molar-refractivity contribution is -0.144. The average molecular weight is 274 g/mol. The fraction of sp³-hybridized carbons (Fsp3) is 0.600. The third kappa shape index (κ3) is 9.53. The molecular formula is C10H18N4O5. The Labute approximate surface area is 110 Å². The lowest BCUT2D eigenvalue weighted by atomic mass is 10.6. The van der Waals surface area contributed by atoms with Gasteiger partial charge >= 0.3 is 0 Å². The fourth-order valence-electron chi connectivity index (χ4n) is 1.08. The molecule has 0 aromatic carbocycles. The standard InChI is InChI=1S/C10H18N4O5/c1-5(15)11-9(12-6(2)16)19-10(13-7(3)17)14-8(4)18/h9-10H,1-4H3,(H,11,15)(H,12,16)(H,13,17)(H,14,18). The molecule has 0 bridgehead atoms. The molecule has 0 spiro atoms. The zero-order chi connectivity index (χ0) is 15.0. The lowest BCUT2D eigenvalue weighted by Gasteiger charge is -2.25. The molecular weight excluding hydrogens is 256 g/mol. The molecule has 0 aliphatic carbocycles. The Morgan fingerprint density at radius 1 is 0.632 bits per heavy atom. The normalized spacial score (nSPS) is 10.0. The van der Waals surface area contributed by atoms with E-state index in [-0.39, 0.29) is 0 Å². The molecule has 4 N–H and O–H groups in total. The number of carbonyl (C=O) groups excluding carboxylic acids is 4. The van der Waals surface area contributed by atoms with E-state index < -0.39 is 36.3 Å². The Morgan fingerprint density at radius 3 is 1.00 bits per heavy atom. The first-order valence-electron chi connectivity index (χ1n) is 5.44. The van der Waals surface area contributed by atoms with Crippen LogP contribution in [0.5, 0.6) is 0 Å². The quantitative estimate of drug-likeness (QED) is 0.422. The predicted octanol–water partition coefficient (Wildman–Crippen LogP) is -1.89. The molecule has 0 radical (unpaired) electrons. The van der Waals surface area contributed by atoms with Crippen molar-refractivity contribution in [1.82, 2.24) is 21.3 Å². The van der Waals surface area contributed by atoms with E-state index in [2.05, 4.69) is 21.3 Å². The van der Waals surface area contributed by atoms with Crippen molar-refractivity contribution in [3.63, 3.8) is 0 Å². The summed E-state index contributed by atoms with van der Waals surface area (Å²) in [4.78, 5) is 43.8. The van der Waals surface area contributed by atoms with E-state index in [1.165, 1.54) is 27.7 Å². The van der Waals surface area contributed by atoms with Crippen LogP contribution >= 0.6 is 0 Å². The van der Waals surface area contributed by atoms with Crippen LogP contribution in [0, 0.1) is 0 Å². The lowest BCUT2D eigenvalue weighted by Crippen LogP contribution is -2.57. The van der Waals surface area contributed by atoms with Crippen LogP contribution in [0.15, 0.2) is 0 Å². The highest BCUT2D eigenvalue weighted by atomic mass is 16.6. The highest BCUT2D eigenvalue weighted by molar-refractivity contribution is 5.77. The van der Waals surface area contributed by atoms with Crippen LogP contribution in [0.25, 0.3) is 0 Å². The summed E-state index contributed by atoms with van der Waals surface area (Å²) in [6, 6.07) is 0. The Kier molecular flexibility index (Phi) is 7.12. The molecule has 0 aliphatic rings. The summed E-state index contributed by atoms with van der Waals surface area (Å²) in [5.41, 5.74) is 0. The smallest absolute Gasteiger partial charge is 0.220 e. The molecule has 0 rings (SSSR count). The van der Waals surface area contributed by atoms with Gasteiger partial charge in [0.25, 0.3) is 0 Å². The second-order valence-electron chi connectivity index (χ2n) is 3.70. The maximum Gasteiger partial charge on any atom is 0.220 e. The van der Waals surface area contributed by atoms with Crippen LogP contribution < -0.4 is 21.3 Å². The molecule has 9 heteroatoms. The van der Waals surface area contributed by atoms with E-state index in [1.54, 1.807) is 0 Å². The SMILES string of the molecule is CC(=O)NC(NC(C)=O)OC(NC(C)=O)NC(C)=O. The zero-order valence-electron chi connectivity index (χ0n) is 11.2. The third-order valence-corrected chi connectivity index (χ3v) is 1.61. The number of amides is 4. The molecule has 0 aliphatic heterocycles. The summed E-state index contributed by atoms with van der Waals surface area (Å²) in [6.07, 6.45) is -2.36. The van der Waals surface area contributed by atoms with Crippen molar-refractivity contribution in [3.8, 4) is 0 Å². The summed E-state index contributed by atoms with van der Waals surface area (Å²) in [5, 5.41) is 9.17. The number of nitrogens with one attached hydrogen (secondary N) is 4. The Hall–Kier alpha value is -2.16. The van der Waals surface area contributed by atoms with Crippen LogP contribution in [0.1, 0.15) is 27.7 Å². The van der Waals surface area contributed by atoms with E-state index in [0.29, 0.717) is 0 Å². The maximum atomic E-state index is 10.9. The van der Waals surface area contributed by atoms with E-state index in [4.69, 9.17) is 4.74 Å². The highest BCUT2D eigenvalue weighted by Crippen LogP contribution is 1.90. The van der Waals surface area contributed by atoms with Crippen molar-refractivity contribution in [2.75, 3.05) is 0 Å². The van der Waals surface area contributed by atoms with E-state index >= 15 is 0 Å². The first-order valence-corrected chi connectivity index (χ1v) is 5.44. The van der Waals surface area contributed by atoms with Crippen molar-refractivity contribution >= 4 is 23.6 Å². The summed E-state index contributed by atoms with van der Waals surface area (Å²) < 4.78 is 5.17. The molecule has 19 heavy (non-hydrogen) atoms. The minimum Gasteiger partial charge on any atom is -0.313 e. The summed E-state index contributed by atoms with van der Waals surface area (Å²) >= 11 is 0. The van der Waals surface area contributed by atoms with Crippen LogP contribution in [0.3, 0.4) is 0 Å².